The second-order valence-electron chi connectivity index (χ2n) is 7.57. The highest BCUT2D eigenvalue weighted by Crippen LogP contribution is 2.37. The molecule has 8 heteroatoms. The van der Waals surface area contributed by atoms with Crippen molar-refractivity contribution in [1.82, 2.24) is 10.6 Å². The summed E-state index contributed by atoms with van der Waals surface area (Å²) in [6, 6.07) is -0.443. The minimum atomic E-state index is -0.585. The first-order chi connectivity index (χ1) is 13.0. The number of amidine groups is 1. The van der Waals surface area contributed by atoms with Gasteiger partial charge >= 0.3 is 11.7 Å². The SMILES string of the molecule is CCCCC1N=C2C3=C(NC(C(=O)CCC)NC3)[N+](=O)[N+]2(CCCC)C1=O. The summed E-state index contributed by atoms with van der Waals surface area (Å²) in [6.45, 7) is 6.87. The lowest BCUT2D eigenvalue weighted by atomic mass is 10.1. The third-order valence-electron chi connectivity index (χ3n) is 5.58. The van der Waals surface area contributed by atoms with Crippen molar-refractivity contribution in [2.75, 3.05) is 13.1 Å². The first kappa shape index (κ1) is 19.8. The molecule has 0 aromatic rings. The Hall–Kier alpha value is -1.93. The van der Waals surface area contributed by atoms with Gasteiger partial charge in [-0.15, -0.1) is 0 Å². The molecule has 3 aliphatic rings. The molecule has 0 fully saturated rings. The predicted molar refractivity (Wildman–Crippen MR) is 101 cm³/mol. The molecule has 0 aromatic heterocycles. The Morgan fingerprint density at radius 1 is 1.22 bits per heavy atom. The summed E-state index contributed by atoms with van der Waals surface area (Å²) < 4.78 is -0.365. The van der Waals surface area contributed by atoms with Crippen LogP contribution >= 0.6 is 0 Å². The number of Topliss-reactive ketones (excluding diaryl/α,β-unsaturated/α-hetero) is 1. The maximum atomic E-state index is 13.3. The second kappa shape index (κ2) is 7.98. The zero-order valence-corrected chi connectivity index (χ0v) is 16.6. The van der Waals surface area contributed by atoms with Gasteiger partial charge in [-0.05, 0) is 22.3 Å². The van der Waals surface area contributed by atoms with E-state index >= 15 is 0 Å². The van der Waals surface area contributed by atoms with E-state index in [1.807, 2.05) is 13.8 Å². The Kier molecular flexibility index (Phi) is 5.86. The van der Waals surface area contributed by atoms with Gasteiger partial charge in [-0.1, -0.05) is 40.0 Å². The second-order valence-corrected chi connectivity index (χ2v) is 7.57. The van der Waals surface area contributed by atoms with Crippen LogP contribution in [0.25, 0.3) is 0 Å². The van der Waals surface area contributed by atoms with Crippen molar-refractivity contribution in [2.45, 2.75) is 77.9 Å². The molecule has 3 atom stereocenters. The Balaban J connectivity index is 1.93. The van der Waals surface area contributed by atoms with Crippen LogP contribution in [-0.4, -0.2) is 52.3 Å². The van der Waals surface area contributed by atoms with E-state index in [2.05, 4.69) is 17.6 Å². The van der Waals surface area contributed by atoms with Gasteiger partial charge in [-0.25, -0.2) is 15.1 Å². The summed E-state index contributed by atoms with van der Waals surface area (Å²) >= 11 is 0. The Morgan fingerprint density at radius 2 is 1.96 bits per heavy atom. The average molecular weight is 377 g/mol. The zero-order chi connectivity index (χ0) is 19.6. The molecule has 3 heterocycles. The van der Waals surface area contributed by atoms with Crippen molar-refractivity contribution in [3.8, 4) is 0 Å². The van der Waals surface area contributed by atoms with Gasteiger partial charge < -0.3 is 0 Å². The maximum Gasteiger partial charge on any atom is 0.389 e. The van der Waals surface area contributed by atoms with E-state index < -0.39 is 12.2 Å². The topological polar surface area (TPSA) is 90.6 Å². The molecule has 0 saturated carbocycles. The van der Waals surface area contributed by atoms with Crippen LogP contribution in [0.3, 0.4) is 0 Å². The van der Waals surface area contributed by atoms with Gasteiger partial charge in [0.2, 0.25) is 6.17 Å². The molecule has 0 saturated heterocycles. The van der Waals surface area contributed by atoms with Gasteiger partial charge in [0.15, 0.2) is 22.3 Å². The number of nitrogens with zero attached hydrogens (tertiary/aromatic N) is 3. The molecule has 0 bridgehead atoms. The van der Waals surface area contributed by atoms with Crippen LogP contribution in [0.15, 0.2) is 16.4 Å². The molecule has 3 aliphatic heterocycles. The third-order valence-corrected chi connectivity index (χ3v) is 5.58. The third kappa shape index (κ3) is 3.14. The standard InChI is InChI=1S/C19H31N5O3/c1-4-7-10-14-19(26)24(11-8-5-2)18(21-14)13-12-20-16(15(25)9-6-3)22-17(13)23(24)27/h14,16,20,22H,4-12H2,1-3H3/q+2. The summed E-state index contributed by atoms with van der Waals surface area (Å²) in [4.78, 5) is 44.3. The van der Waals surface area contributed by atoms with Crippen molar-refractivity contribution in [3.05, 3.63) is 16.3 Å². The van der Waals surface area contributed by atoms with Crippen LogP contribution in [0.1, 0.15) is 65.7 Å². The van der Waals surface area contributed by atoms with Crippen molar-refractivity contribution < 1.29 is 19.1 Å². The molecule has 27 heavy (non-hydrogen) atoms. The number of hydrogen-bond donors (Lipinski definition) is 2. The number of hydrogen-bond acceptors (Lipinski definition) is 6. The van der Waals surface area contributed by atoms with E-state index in [9.17, 15) is 14.5 Å². The summed E-state index contributed by atoms with van der Waals surface area (Å²) in [5.41, 5.74) is 0.731. The molecule has 3 rings (SSSR count). The first-order valence-electron chi connectivity index (χ1n) is 10.3. The van der Waals surface area contributed by atoms with Crippen LogP contribution in [0.2, 0.25) is 0 Å². The number of ketones is 1. The highest BCUT2D eigenvalue weighted by molar-refractivity contribution is 6.06. The molecular weight excluding hydrogens is 346 g/mol. The van der Waals surface area contributed by atoms with Crippen molar-refractivity contribution in [3.63, 3.8) is 0 Å². The average Bonchev–Trinajstić information content (AvgIpc) is 3.08. The summed E-state index contributed by atoms with van der Waals surface area (Å²) in [5.74, 6) is 0.800. The van der Waals surface area contributed by atoms with E-state index in [0.29, 0.717) is 37.6 Å². The molecule has 148 valence electrons. The number of fused-ring (bicyclic) bond motifs is 2. The lowest BCUT2D eigenvalue weighted by molar-refractivity contribution is -1.22. The lowest BCUT2D eigenvalue weighted by Gasteiger charge is -2.20. The summed E-state index contributed by atoms with van der Waals surface area (Å²) in [7, 11) is 0. The van der Waals surface area contributed by atoms with Gasteiger partial charge in [0.25, 0.3) is 5.84 Å². The van der Waals surface area contributed by atoms with Crippen LogP contribution in [0, 0.1) is 4.91 Å². The Labute approximate surface area is 160 Å². The maximum absolute atomic E-state index is 13.3. The van der Waals surface area contributed by atoms with E-state index in [0.717, 1.165) is 42.5 Å². The molecule has 0 aliphatic carbocycles. The molecule has 0 radical (unpaired) electrons. The highest BCUT2D eigenvalue weighted by Gasteiger charge is 2.69. The van der Waals surface area contributed by atoms with Gasteiger partial charge in [-0.2, -0.15) is 0 Å². The number of rotatable bonds is 9. The normalized spacial score (nSPS) is 29.5. The predicted octanol–water partition coefficient (Wildman–Crippen LogP) is 1.91. The molecule has 1 amide bonds. The van der Waals surface area contributed by atoms with Gasteiger partial charge in [0.1, 0.15) is 6.54 Å². The molecule has 3 unspecified atom stereocenters. The van der Waals surface area contributed by atoms with E-state index in [1.54, 1.807) is 0 Å². The van der Waals surface area contributed by atoms with E-state index in [4.69, 9.17) is 4.99 Å². The van der Waals surface area contributed by atoms with Gasteiger partial charge in [-0.3, -0.25) is 10.1 Å². The number of nitrogens with one attached hydrogen (secondary N) is 2. The number of carbonyl (C=O) groups excluding carboxylic acids is 2. The number of nitroso groups, excluding NO2 is 1. The number of amides is 1. The number of carbonyl (C=O) groups is 2. The van der Waals surface area contributed by atoms with Crippen molar-refractivity contribution in [1.29, 1.82) is 0 Å². The fourth-order valence-electron chi connectivity index (χ4n) is 4.08. The van der Waals surface area contributed by atoms with Crippen LogP contribution < -0.4 is 10.6 Å². The highest BCUT2D eigenvalue weighted by atomic mass is 16.4. The summed E-state index contributed by atoms with van der Waals surface area (Å²) in [6.07, 6.45) is 4.85. The summed E-state index contributed by atoms with van der Waals surface area (Å²) in [5, 5.41) is 6.21. The van der Waals surface area contributed by atoms with E-state index in [-0.39, 0.29) is 16.3 Å². The fourth-order valence-corrected chi connectivity index (χ4v) is 4.08. The number of unbranched alkanes of at least 4 members (excludes halogenated alkanes) is 2. The number of aliphatic imine (C=N–C) groups is 1. The minimum Gasteiger partial charge on any atom is -0.293 e. The zero-order valence-electron chi connectivity index (χ0n) is 16.6. The molecule has 0 spiro atoms. The quantitative estimate of drug-likeness (QED) is 0.473. The monoisotopic (exact) mass is 377 g/mol. The Bertz CT molecular complexity index is 714. The van der Waals surface area contributed by atoms with Gasteiger partial charge in [0.05, 0.1) is 0 Å². The first-order valence-corrected chi connectivity index (χ1v) is 10.3. The van der Waals surface area contributed by atoms with Gasteiger partial charge in [0, 0.05) is 19.4 Å². The van der Waals surface area contributed by atoms with Crippen LogP contribution in [0.5, 0.6) is 0 Å². The fraction of sp³-hybridized carbons (Fsp3) is 0.737. The van der Waals surface area contributed by atoms with Crippen molar-refractivity contribution in [2.24, 2.45) is 4.99 Å². The Morgan fingerprint density at radius 3 is 2.63 bits per heavy atom. The molecule has 2 N–H and O–H groups in total. The smallest absolute Gasteiger partial charge is 0.293 e. The van der Waals surface area contributed by atoms with Crippen molar-refractivity contribution >= 4 is 17.5 Å². The number of quaternary nitrogens is 1. The lowest BCUT2D eigenvalue weighted by Crippen LogP contribution is -2.59. The van der Waals surface area contributed by atoms with E-state index in [1.165, 1.54) is 0 Å². The molecular formula is C19H31N5O3+2. The van der Waals surface area contributed by atoms with Crippen LogP contribution in [-0.2, 0) is 9.59 Å². The van der Waals surface area contributed by atoms with Crippen LogP contribution in [0.4, 0.5) is 0 Å². The molecule has 0 aromatic carbocycles. The molecule has 8 nitrogen and oxygen atoms in total. The largest absolute Gasteiger partial charge is 0.389 e. The minimum absolute atomic E-state index is 0.0266.